The molecule has 0 bridgehead atoms. The third-order valence-corrected chi connectivity index (χ3v) is 2.89. The van der Waals surface area contributed by atoms with Crippen molar-refractivity contribution in [3.05, 3.63) is 0 Å². The zero-order valence-electron chi connectivity index (χ0n) is 10.5. The highest BCUT2D eigenvalue weighted by Crippen LogP contribution is 2.11. The van der Waals surface area contributed by atoms with Gasteiger partial charge in [-0.3, -0.25) is 9.59 Å². The van der Waals surface area contributed by atoms with Crippen molar-refractivity contribution in [1.29, 1.82) is 0 Å². The molecule has 0 spiro atoms. The van der Waals surface area contributed by atoms with E-state index < -0.39 is 6.10 Å². The summed E-state index contributed by atoms with van der Waals surface area (Å²) in [6.07, 6.45) is 1.20. The maximum atomic E-state index is 11.7. The second-order valence-corrected chi connectivity index (χ2v) is 5.07. The average Bonchev–Trinajstić information content (AvgIpc) is 2.26. The minimum Gasteiger partial charge on any atom is -0.391 e. The Morgan fingerprint density at radius 1 is 1.59 bits per heavy atom. The first-order valence-electron chi connectivity index (χ1n) is 6.21. The molecule has 2 atom stereocenters. The molecule has 0 aromatic carbocycles. The van der Waals surface area contributed by atoms with Crippen molar-refractivity contribution in [3.63, 3.8) is 0 Å². The van der Waals surface area contributed by atoms with Crippen LogP contribution in [-0.2, 0) is 9.59 Å². The van der Waals surface area contributed by atoms with Gasteiger partial charge in [0, 0.05) is 19.5 Å². The molecular weight excluding hydrogens is 220 g/mol. The lowest BCUT2D eigenvalue weighted by atomic mass is 9.98. The van der Waals surface area contributed by atoms with Crippen molar-refractivity contribution >= 4 is 11.8 Å². The van der Waals surface area contributed by atoms with Gasteiger partial charge in [-0.05, 0) is 18.8 Å². The molecule has 1 saturated heterocycles. The summed E-state index contributed by atoms with van der Waals surface area (Å²) in [5.74, 6) is 0.191. The molecule has 1 heterocycles. The Balaban J connectivity index is 2.22. The predicted octanol–water partition coefficient (Wildman–Crippen LogP) is 0.0358. The van der Waals surface area contributed by atoms with Gasteiger partial charge >= 0.3 is 0 Å². The van der Waals surface area contributed by atoms with Crippen LogP contribution in [0.3, 0.4) is 0 Å². The summed E-state index contributed by atoms with van der Waals surface area (Å²) in [6, 6.07) is 0. The normalized spacial score (nSPS) is 22.1. The topological polar surface area (TPSA) is 78.4 Å². The Morgan fingerprint density at radius 3 is 2.82 bits per heavy atom. The zero-order chi connectivity index (χ0) is 12.8. The maximum absolute atomic E-state index is 11.7. The van der Waals surface area contributed by atoms with E-state index in [1.807, 2.05) is 13.8 Å². The minimum atomic E-state index is -0.489. The van der Waals surface area contributed by atoms with Crippen LogP contribution >= 0.6 is 0 Å². The molecule has 98 valence electrons. The van der Waals surface area contributed by atoms with E-state index in [9.17, 15) is 14.7 Å². The van der Waals surface area contributed by atoms with E-state index in [2.05, 4.69) is 10.6 Å². The van der Waals surface area contributed by atoms with Crippen LogP contribution in [0.1, 0.15) is 33.1 Å². The molecule has 0 saturated carbocycles. The smallest absolute Gasteiger partial charge is 0.224 e. The van der Waals surface area contributed by atoms with Crippen molar-refractivity contribution in [3.8, 4) is 0 Å². The third kappa shape index (κ3) is 5.17. The standard InChI is InChI=1S/C12H22N2O3/c1-8(2)5-10(15)7-14-12(17)9-3-4-11(16)13-6-9/h8-10,15H,3-7H2,1-2H3,(H,13,16)(H,14,17). The van der Waals surface area contributed by atoms with Crippen LogP contribution in [0.15, 0.2) is 0 Å². The highest BCUT2D eigenvalue weighted by Gasteiger charge is 2.24. The third-order valence-electron chi connectivity index (χ3n) is 2.89. The van der Waals surface area contributed by atoms with E-state index in [4.69, 9.17) is 0 Å². The van der Waals surface area contributed by atoms with E-state index in [0.29, 0.717) is 38.3 Å². The molecule has 5 heteroatoms. The van der Waals surface area contributed by atoms with Crippen LogP contribution in [-0.4, -0.2) is 36.1 Å². The highest BCUT2D eigenvalue weighted by molar-refractivity contribution is 5.83. The Bertz CT molecular complexity index is 269. The lowest BCUT2D eigenvalue weighted by Crippen LogP contribution is -2.44. The number of hydrogen-bond donors (Lipinski definition) is 3. The van der Waals surface area contributed by atoms with Crippen LogP contribution in [0.2, 0.25) is 0 Å². The van der Waals surface area contributed by atoms with Gasteiger partial charge in [-0.2, -0.15) is 0 Å². The minimum absolute atomic E-state index is 0.00823. The Kier molecular flexibility index (Phi) is 5.41. The van der Waals surface area contributed by atoms with Crippen LogP contribution in [0.5, 0.6) is 0 Å². The van der Waals surface area contributed by atoms with Gasteiger partial charge in [0.15, 0.2) is 0 Å². The number of aliphatic hydroxyl groups excluding tert-OH is 1. The molecule has 0 aromatic heterocycles. The van der Waals surface area contributed by atoms with Crippen LogP contribution in [0.25, 0.3) is 0 Å². The van der Waals surface area contributed by atoms with Crippen LogP contribution in [0, 0.1) is 11.8 Å². The van der Waals surface area contributed by atoms with Gasteiger partial charge < -0.3 is 15.7 Å². The van der Waals surface area contributed by atoms with Gasteiger partial charge in [-0.15, -0.1) is 0 Å². The van der Waals surface area contributed by atoms with E-state index in [1.165, 1.54) is 0 Å². The summed E-state index contributed by atoms with van der Waals surface area (Å²) in [4.78, 5) is 22.7. The molecule has 2 amide bonds. The second kappa shape index (κ2) is 6.59. The Hall–Kier alpha value is -1.10. The fourth-order valence-corrected chi connectivity index (χ4v) is 1.95. The first-order chi connectivity index (χ1) is 7.99. The first-order valence-corrected chi connectivity index (χ1v) is 6.21. The number of rotatable bonds is 5. The van der Waals surface area contributed by atoms with Crippen molar-refractivity contribution in [2.75, 3.05) is 13.1 Å². The van der Waals surface area contributed by atoms with Crippen LogP contribution in [0.4, 0.5) is 0 Å². The Labute approximate surface area is 102 Å². The number of carbonyl (C=O) groups is 2. The molecule has 1 rings (SSSR count). The quantitative estimate of drug-likeness (QED) is 0.636. The van der Waals surface area contributed by atoms with Gasteiger partial charge in [0.05, 0.1) is 12.0 Å². The molecule has 5 nitrogen and oxygen atoms in total. The summed E-state index contributed by atoms with van der Waals surface area (Å²) in [7, 11) is 0. The predicted molar refractivity (Wildman–Crippen MR) is 64.2 cm³/mol. The average molecular weight is 242 g/mol. The molecule has 2 unspecified atom stereocenters. The molecule has 0 radical (unpaired) electrons. The summed E-state index contributed by atoms with van der Waals surface area (Å²) in [5, 5.41) is 15.0. The second-order valence-electron chi connectivity index (χ2n) is 5.07. The van der Waals surface area contributed by atoms with E-state index in [-0.39, 0.29) is 17.7 Å². The molecule has 1 fully saturated rings. The van der Waals surface area contributed by atoms with Crippen molar-refractivity contribution < 1.29 is 14.7 Å². The monoisotopic (exact) mass is 242 g/mol. The number of nitrogens with one attached hydrogen (secondary N) is 2. The van der Waals surface area contributed by atoms with Gasteiger partial charge in [0.1, 0.15) is 0 Å². The summed E-state index contributed by atoms with van der Waals surface area (Å²) in [5.41, 5.74) is 0. The first kappa shape index (κ1) is 14.0. The lowest BCUT2D eigenvalue weighted by molar-refractivity contribution is -0.129. The number of piperidine rings is 1. The van der Waals surface area contributed by atoms with Gasteiger partial charge in [-0.1, -0.05) is 13.8 Å². The van der Waals surface area contributed by atoms with Crippen molar-refractivity contribution in [1.82, 2.24) is 10.6 Å². The largest absolute Gasteiger partial charge is 0.391 e. The number of carbonyl (C=O) groups excluding carboxylic acids is 2. The summed E-state index contributed by atoms with van der Waals surface area (Å²) < 4.78 is 0. The van der Waals surface area contributed by atoms with E-state index in [0.717, 1.165) is 0 Å². The van der Waals surface area contributed by atoms with Crippen molar-refractivity contribution in [2.24, 2.45) is 11.8 Å². The fraction of sp³-hybridized carbons (Fsp3) is 0.833. The fourth-order valence-electron chi connectivity index (χ4n) is 1.95. The number of hydrogen-bond acceptors (Lipinski definition) is 3. The number of amides is 2. The van der Waals surface area contributed by atoms with Gasteiger partial charge in [-0.25, -0.2) is 0 Å². The van der Waals surface area contributed by atoms with Crippen LogP contribution < -0.4 is 10.6 Å². The molecule has 1 aliphatic heterocycles. The van der Waals surface area contributed by atoms with E-state index >= 15 is 0 Å². The summed E-state index contributed by atoms with van der Waals surface area (Å²) >= 11 is 0. The molecule has 0 aromatic rings. The highest BCUT2D eigenvalue weighted by atomic mass is 16.3. The molecule has 0 aliphatic carbocycles. The van der Waals surface area contributed by atoms with E-state index in [1.54, 1.807) is 0 Å². The van der Waals surface area contributed by atoms with Gasteiger partial charge in [0.25, 0.3) is 0 Å². The van der Waals surface area contributed by atoms with Crippen molar-refractivity contribution in [2.45, 2.75) is 39.2 Å². The molecule has 3 N–H and O–H groups in total. The lowest BCUT2D eigenvalue weighted by Gasteiger charge is -2.22. The Morgan fingerprint density at radius 2 is 2.29 bits per heavy atom. The maximum Gasteiger partial charge on any atom is 0.224 e. The SMILES string of the molecule is CC(C)CC(O)CNC(=O)C1CCC(=O)NC1. The molecular formula is C12H22N2O3. The molecule has 1 aliphatic rings. The number of aliphatic hydroxyl groups is 1. The molecule has 17 heavy (non-hydrogen) atoms. The zero-order valence-corrected chi connectivity index (χ0v) is 10.5. The summed E-state index contributed by atoms with van der Waals surface area (Å²) in [6.45, 7) is 4.76. The van der Waals surface area contributed by atoms with Gasteiger partial charge in [0.2, 0.25) is 11.8 Å².